The SMILES string of the molecule is COc1ccc(C(=O)Nc2ccc(S(=O)(=O)NC(C)C)cc2)cc1[N+](=O)[O-]. The average molecular weight is 393 g/mol. The Morgan fingerprint density at radius 3 is 2.30 bits per heavy atom. The molecule has 2 aromatic rings. The van der Waals surface area contributed by atoms with Crippen LogP contribution >= 0.6 is 0 Å². The van der Waals surface area contributed by atoms with E-state index in [1.807, 2.05) is 0 Å². The first-order chi connectivity index (χ1) is 12.6. The number of nitrogens with zero attached hydrogens (tertiary/aromatic N) is 1. The normalized spacial score (nSPS) is 11.3. The molecule has 0 heterocycles. The van der Waals surface area contributed by atoms with E-state index in [2.05, 4.69) is 10.0 Å². The summed E-state index contributed by atoms with van der Waals surface area (Å²) in [7, 11) is -2.33. The maximum atomic E-state index is 12.3. The van der Waals surface area contributed by atoms with Gasteiger partial charge in [0, 0.05) is 23.4 Å². The highest BCUT2D eigenvalue weighted by Gasteiger charge is 2.19. The van der Waals surface area contributed by atoms with E-state index in [1.165, 1.54) is 43.5 Å². The highest BCUT2D eigenvalue weighted by molar-refractivity contribution is 7.89. The second kappa shape index (κ2) is 8.14. The number of nitro groups is 1. The third-order valence-electron chi connectivity index (χ3n) is 3.45. The number of methoxy groups -OCH3 is 1. The summed E-state index contributed by atoms with van der Waals surface area (Å²) in [4.78, 5) is 22.8. The minimum atomic E-state index is -3.63. The quantitative estimate of drug-likeness (QED) is 0.550. The first-order valence-corrected chi connectivity index (χ1v) is 9.38. The largest absolute Gasteiger partial charge is 0.490 e. The lowest BCUT2D eigenvalue weighted by atomic mass is 10.1. The van der Waals surface area contributed by atoms with Crippen molar-refractivity contribution in [3.8, 4) is 5.75 Å². The lowest BCUT2D eigenvalue weighted by Crippen LogP contribution is -2.30. The van der Waals surface area contributed by atoms with Gasteiger partial charge >= 0.3 is 5.69 Å². The number of nitro benzene ring substituents is 1. The van der Waals surface area contributed by atoms with Gasteiger partial charge < -0.3 is 10.1 Å². The predicted octanol–water partition coefficient (Wildman–Crippen LogP) is 2.54. The lowest BCUT2D eigenvalue weighted by Gasteiger charge is -2.10. The number of carbonyl (C=O) groups is 1. The Balaban J connectivity index is 2.19. The van der Waals surface area contributed by atoms with Gasteiger partial charge in [0.15, 0.2) is 5.75 Å². The Bertz CT molecular complexity index is 955. The molecule has 0 fully saturated rings. The van der Waals surface area contributed by atoms with Crippen LogP contribution in [0.2, 0.25) is 0 Å². The van der Waals surface area contributed by atoms with Crippen molar-refractivity contribution in [3.63, 3.8) is 0 Å². The van der Waals surface area contributed by atoms with Gasteiger partial charge in [0.25, 0.3) is 5.91 Å². The molecule has 2 rings (SSSR count). The van der Waals surface area contributed by atoms with Crippen LogP contribution in [0.1, 0.15) is 24.2 Å². The number of rotatable bonds is 7. The summed E-state index contributed by atoms with van der Waals surface area (Å²) in [5.74, 6) is -0.527. The van der Waals surface area contributed by atoms with E-state index in [4.69, 9.17) is 4.74 Å². The van der Waals surface area contributed by atoms with Gasteiger partial charge in [-0.25, -0.2) is 13.1 Å². The number of amides is 1. The molecule has 0 unspecified atom stereocenters. The van der Waals surface area contributed by atoms with Gasteiger partial charge in [-0.1, -0.05) is 0 Å². The molecule has 10 heteroatoms. The van der Waals surface area contributed by atoms with E-state index in [0.717, 1.165) is 6.07 Å². The zero-order chi connectivity index (χ0) is 20.2. The number of benzene rings is 2. The van der Waals surface area contributed by atoms with E-state index in [1.54, 1.807) is 13.8 Å². The highest BCUT2D eigenvalue weighted by Crippen LogP contribution is 2.28. The number of sulfonamides is 1. The first kappa shape index (κ1) is 20.3. The first-order valence-electron chi connectivity index (χ1n) is 7.90. The zero-order valence-corrected chi connectivity index (χ0v) is 15.7. The van der Waals surface area contributed by atoms with Crippen molar-refractivity contribution in [1.29, 1.82) is 0 Å². The fourth-order valence-electron chi connectivity index (χ4n) is 2.27. The van der Waals surface area contributed by atoms with Gasteiger partial charge in [-0.2, -0.15) is 0 Å². The lowest BCUT2D eigenvalue weighted by molar-refractivity contribution is -0.385. The molecule has 2 aromatic carbocycles. The summed E-state index contributed by atoms with van der Waals surface area (Å²) in [5.41, 5.74) is 0.0917. The minimum Gasteiger partial charge on any atom is -0.490 e. The van der Waals surface area contributed by atoms with Crippen LogP contribution in [0.3, 0.4) is 0 Å². The van der Waals surface area contributed by atoms with Gasteiger partial charge in [0.05, 0.1) is 16.9 Å². The molecule has 0 spiro atoms. The molecule has 0 aromatic heterocycles. The molecule has 9 nitrogen and oxygen atoms in total. The van der Waals surface area contributed by atoms with E-state index >= 15 is 0 Å². The molecule has 0 radical (unpaired) electrons. The molecule has 0 aliphatic carbocycles. The molecule has 0 aliphatic rings. The second-order valence-corrected chi connectivity index (χ2v) is 7.61. The fraction of sp³-hybridized carbons (Fsp3) is 0.235. The van der Waals surface area contributed by atoms with Crippen LogP contribution in [-0.4, -0.2) is 32.4 Å². The van der Waals surface area contributed by atoms with E-state index < -0.39 is 20.9 Å². The number of hydrogen-bond acceptors (Lipinski definition) is 6. The number of anilines is 1. The van der Waals surface area contributed by atoms with Crippen molar-refractivity contribution in [3.05, 3.63) is 58.1 Å². The molecular formula is C17H19N3O6S. The van der Waals surface area contributed by atoms with Gasteiger partial charge in [-0.05, 0) is 50.2 Å². The number of carbonyl (C=O) groups excluding carboxylic acids is 1. The Labute approximate surface area is 156 Å². The van der Waals surface area contributed by atoms with Gasteiger partial charge in [0.1, 0.15) is 0 Å². The summed E-state index contributed by atoms with van der Waals surface area (Å²) in [6.45, 7) is 3.42. The monoisotopic (exact) mass is 393 g/mol. The molecule has 1 amide bonds. The van der Waals surface area contributed by atoms with Crippen LogP contribution in [0.15, 0.2) is 47.4 Å². The van der Waals surface area contributed by atoms with Crippen molar-refractivity contribution in [2.75, 3.05) is 12.4 Å². The van der Waals surface area contributed by atoms with Crippen LogP contribution in [0.5, 0.6) is 5.75 Å². The van der Waals surface area contributed by atoms with Crippen LogP contribution in [-0.2, 0) is 10.0 Å². The average Bonchev–Trinajstić information content (AvgIpc) is 2.60. The Kier molecular flexibility index (Phi) is 6.13. The van der Waals surface area contributed by atoms with Crippen LogP contribution < -0.4 is 14.8 Å². The summed E-state index contributed by atoms with van der Waals surface area (Å²) in [6.07, 6.45) is 0. The Hall–Kier alpha value is -2.98. The highest BCUT2D eigenvalue weighted by atomic mass is 32.2. The number of hydrogen-bond donors (Lipinski definition) is 2. The number of nitrogens with one attached hydrogen (secondary N) is 2. The zero-order valence-electron chi connectivity index (χ0n) is 14.9. The summed E-state index contributed by atoms with van der Waals surface area (Å²) >= 11 is 0. The standard InChI is InChI=1S/C17H19N3O6S/c1-11(2)19-27(24,25)14-7-5-13(6-8-14)18-17(21)12-4-9-16(26-3)15(10-12)20(22)23/h4-11,19H,1-3H3,(H,18,21). The molecule has 27 heavy (non-hydrogen) atoms. The summed E-state index contributed by atoms with van der Waals surface area (Å²) in [5, 5.41) is 13.6. The Morgan fingerprint density at radius 2 is 1.78 bits per heavy atom. The topological polar surface area (TPSA) is 128 Å². The van der Waals surface area contributed by atoms with E-state index in [0.29, 0.717) is 5.69 Å². The van der Waals surface area contributed by atoms with Crippen molar-refractivity contribution in [2.45, 2.75) is 24.8 Å². The summed E-state index contributed by atoms with van der Waals surface area (Å²) in [6, 6.07) is 9.18. The fourth-order valence-corrected chi connectivity index (χ4v) is 3.52. The van der Waals surface area contributed by atoms with Crippen LogP contribution in [0, 0.1) is 10.1 Å². The molecule has 0 aliphatic heterocycles. The van der Waals surface area contributed by atoms with Crippen molar-refractivity contribution in [2.24, 2.45) is 0 Å². The third kappa shape index (κ3) is 5.02. The predicted molar refractivity (Wildman–Crippen MR) is 99.5 cm³/mol. The molecule has 2 N–H and O–H groups in total. The van der Waals surface area contributed by atoms with Gasteiger partial charge in [0.2, 0.25) is 10.0 Å². The molecule has 144 valence electrons. The number of ether oxygens (including phenoxy) is 1. The van der Waals surface area contributed by atoms with Gasteiger partial charge in [-0.15, -0.1) is 0 Å². The molecular weight excluding hydrogens is 374 g/mol. The molecule has 0 saturated carbocycles. The van der Waals surface area contributed by atoms with Crippen LogP contribution in [0.4, 0.5) is 11.4 Å². The van der Waals surface area contributed by atoms with Crippen LogP contribution in [0.25, 0.3) is 0 Å². The maximum absolute atomic E-state index is 12.3. The van der Waals surface area contributed by atoms with E-state index in [-0.39, 0.29) is 27.9 Å². The minimum absolute atomic E-state index is 0.0452. The van der Waals surface area contributed by atoms with Gasteiger partial charge in [-0.3, -0.25) is 14.9 Å². The summed E-state index contributed by atoms with van der Waals surface area (Å²) < 4.78 is 31.5. The third-order valence-corrected chi connectivity index (χ3v) is 5.13. The molecule has 0 saturated heterocycles. The van der Waals surface area contributed by atoms with Crippen molar-refractivity contribution >= 4 is 27.3 Å². The maximum Gasteiger partial charge on any atom is 0.311 e. The second-order valence-electron chi connectivity index (χ2n) is 5.90. The van der Waals surface area contributed by atoms with Crippen molar-refractivity contribution in [1.82, 2.24) is 4.72 Å². The van der Waals surface area contributed by atoms with Crippen molar-refractivity contribution < 1.29 is 22.9 Å². The van der Waals surface area contributed by atoms with E-state index in [9.17, 15) is 23.3 Å². The Morgan fingerprint density at radius 1 is 1.15 bits per heavy atom. The molecule has 0 bridgehead atoms. The smallest absolute Gasteiger partial charge is 0.311 e. The molecule has 0 atom stereocenters.